The van der Waals surface area contributed by atoms with Gasteiger partial charge in [-0.15, -0.1) is 11.8 Å². The molecule has 0 atom stereocenters. The Hall–Kier alpha value is -1.32. The molecule has 0 aliphatic carbocycles. The van der Waals surface area contributed by atoms with Crippen LogP contribution >= 0.6 is 11.8 Å². The standard InChI is InChI=1S/C14H14FNS/c15-8-11(9-16)10-17-14-6-5-12-3-1-2-4-13(12)7-14/h1-8H,9-10,16H2/b11-8+. The minimum atomic E-state index is 0.275. The highest BCUT2D eigenvalue weighted by Crippen LogP contribution is 2.24. The van der Waals surface area contributed by atoms with E-state index in [0.717, 1.165) is 4.90 Å². The zero-order valence-electron chi connectivity index (χ0n) is 9.40. The third-order valence-corrected chi connectivity index (χ3v) is 3.66. The lowest BCUT2D eigenvalue weighted by Crippen LogP contribution is -2.04. The lowest BCUT2D eigenvalue weighted by atomic mass is 10.1. The van der Waals surface area contributed by atoms with E-state index < -0.39 is 0 Å². The van der Waals surface area contributed by atoms with Crippen LogP contribution < -0.4 is 5.73 Å². The van der Waals surface area contributed by atoms with Crippen LogP contribution in [0.2, 0.25) is 0 Å². The fourth-order valence-electron chi connectivity index (χ4n) is 1.57. The third kappa shape index (κ3) is 3.08. The minimum Gasteiger partial charge on any atom is -0.327 e. The van der Waals surface area contributed by atoms with Gasteiger partial charge in [-0.05, 0) is 28.5 Å². The van der Waals surface area contributed by atoms with Gasteiger partial charge in [0.25, 0.3) is 0 Å². The molecule has 3 heteroatoms. The molecule has 1 nitrogen and oxygen atoms in total. The van der Waals surface area contributed by atoms with Crippen molar-refractivity contribution in [2.75, 3.05) is 12.3 Å². The molecule has 0 saturated carbocycles. The molecule has 88 valence electrons. The number of rotatable bonds is 4. The summed E-state index contributed by atoms with van der Waals surface area (Å²) in [6, 6.07) is 14.5. The first-order valence-electron chi connectivity index (χ1n) is 5.43. The van der Waals surface area contributed by atoms with Gasteiger partial charge in [0.2, 0.25) is 0 Å². The second-order valence-corrected chi connectivity index (χ2v) is 4.82. The Morgan fingerprint density at radius 3 is 2.65 bits per heavy atom. The Kier molecular flexibility index (Phi) is 4.18. The van der Waals surface area contributed by atoms with Gasteiger partial charge in [0.05, 0.1) is 6.33 Å². The van der Waals surface area contributed by atoms with E-state index in [2.05, 4.69) is 30.3 Å². The van der Waals surface area contributed by atoms with Crippen molar-refractivity contribution in [2.24, 2.45) is 5.73 Å². The first kappa shape index (κ1) is 12.1. The highest BCUT2D eigenvalue weighted by molar-refractivity contribution is 7.99. The van der Waals surface area contributed by atoms with Crippen molar-refractivity contribution in [3.05, 3.63) is 54.4 Å². The minimum absolute atomic E-state index is 0.275. The zero-order chi connectivity index (χ0) is 12.1. The van der Waals surface area contributed by atoms with Crippen LogP contribution in [0.15, 0.2) is 59.3 Å². The summed E-state index contributed by atoms with van der Waals surface area (Å²) < 4.78 is 12.4. The van der Waals surface area contributed by atoms with Gasteiger partial charge in [0, 0.05) is 17.2 Å². The quantitative estimate of drug-likeness (QED) is 0.833. The van der Waals surface area contributed by atoms with Gasteiger partial charge >= 0.3 is 0 Å². The van der Waals surface area contributed by atoms with Crippen LogP contribution in [0.25, 0.3) is 10.8 Å². The molecule has 2 rings (SSSR count). The first-order valence-corrected chi connectivity index (χ1v) is 6.42. The maximum Gasteiger partial charge on any atom is 0.0880 e. The highest BCUT2D eigenvalue weighted by atomic mass is 32.2. The van der Waals surface area contributed by atoms with E-state index in [-0.39, 0.29) is 6.54 Å². The molecule has 0 aliphatic heterocycles. The van der Waals surface area contributed by atoms with Crippen LogP contribution in [0.4, 0.5) is 4.39 Å². The first-order chi connectivity index (χ1) is 8.33. The van der Waals surface area contributed by atoms with E-state index in [4.69, 9.17) is 5.73 Å². The number of fused-ring (bicyclic) bond motifs is 1. The average Bonchev–Trinajstić information content (AvgIpc) is 2.40. The van der Waals surface area contributed by atoms with E-state index in [1.165, 1.54) is 10.8 Å². The van der Waals surface area contributed by atoms with Crippen LogP contribution in [0.3, 0.4) is 0 Å². The second-order valence-electron chi connectivity index (χ2n) is 3.77. The van der Waals surface area contributed by atoms with Crippen molar-refractivity contribution >= 4 is 22.5 Å². The topological polar surface area (TPSA) is 26.0 Å². The van der Waals surface area contributed by atoms with Crippen molar-refractivity contribution in [3.63, 3.8) is 0 Å². The number of hydrogen-bond donors (Lipinski definition) is 1. The van der Waals surface area contributed by atoms with Crippen LogP contribution in [0, 0.1) is 0 Å². The molecule has 0 bridgehead atoms. The normalized spacial score (nSPS) is 12.0. The van der Waals surface area contributed by atoms with E-state index in [0.29, 0.717) is 17.7 Å². The molecule has 0 spiro atoms. The summed E-state index contributed by atoms with van der Waals surface area (Å²) in [5.74, 6) is 0.603. The Labute approximate surface area is 105 Å². The summed E-state index contributed by atoms with van der Waals surface area (Å²) in [4.78, 5) is 1.14. The van der Waals surface area contributed by atoms with Gasteiger partial charge in [-0.2, -0.15) is 0 Å². The number of benzene rings is 2. The van der Waals surface area contributed by atoms with Gasteiger partial charge in [0.15, 0.2) is 0 Å². The molecule has 0 fully saturated rings. The predicted molar refractivity (Wildman–Crippen MR) is 72.9 cm³/mol. The van der Waals surface area contributed by atoms with Crippen LogP contribution in [0.5, 0.6) is 0 Å². The molecule has 2 aromatic rings. The fourth-order valence-corrected chi connectivity index (χ4v) is 2.48. The molecule has 0 heterocycles. The molecule has 0 saturated heterocycles. The zero-order valence-corrected chi connectivity index (χ0v) is 10.2. The average molecular weight is 247 g/mol. The fraction of sp³-hybridized carbons (Fsp3) is 0.143. The lowest BCUT2D eigenvalue weighted by Gasteiger charge is -2.04. The maximum atomic E-state index is 12.4. The predicted octanol–water partition coefficient (Wildman–Crippen LogP) is 3.74. The Bertz CT molecular complexity index is 536. The summed E-state index contributed by atoms with van der Waals surface area (Å²) in [5, 5.41) is 2.42. The number of halogens is 1. The smallest absolute Gasteiger partial charge is 0.0880 e. The molecule has 2 N–H and O–H groups in total. The van der Waals surface area contributed by atoms with E-state index in [1.54, 1.807) is 11.8 Å². The molecule has 0 unspecified atom stereocenters. The van der Waals surface area contributed by atoms with Gasteiger partial charge in [-0.1, -0.05) is 30.3 Å². The van der Waals surface area contributed by atoms with Crippen molar-refractivity contribution < 1.29 is 4.39 Å². The number of hydrogen-bond acceptors (Lipinski definition) is 2. The molecular formula is C14H14FNS. The molecule has 0 amide bonds. The lowest BCUT2D eigenvalue weighted by molar-refractivity contribution is 0.706. The number of thioether (sulfide) groups is 1. The third-order valence-electron chi connectivity index (χ3n) is 2.56. The van der Waals surface area contributed by atoms with Gasteiger partial charge in [-0.3, -0.25) is 0 Å². The maximum absolute atomic E-state index is 12.4. The van der Waals surface area contributed by atoms with Crippen molar-refractivity contribution in [1.82, 2.24) is 0 Å². The Balaban J connectivity index is 2.14. The van der Waals surface area contributed by atoms with E-state index in [9.17, 15) is 4.39 Å². The monoisotopic (exact) mass is 247 g/mol. The SMILES string of the molecule is NC/C(=C\F)CSc1ccc2ccccc2c1. The molecular weight excluding hydrogens is 233 g/mol. The summed E-state index contributed by atoms with van der Waals surface area (Å²) in [5.41, 5.74) is 6.04. The van der Waals surface area contributed by atoms with Gasteiger partial charge in [-0.25, -0.2) is 4.39 Å². The summed E-state index contributed by atoms with van der Waals surface area (Å²) >= 11 is 1.60. The Morgan fingerprint density at radius 1 is 1.18 bits per heavy atom. The number of nitrogens with two attached hydrogens (primary N) is 1. The summed E-state index contributed by atoms with van der Waals surface area (Å²) in [6.45, 7) is 0.275. The van der Waals surface area contributed by atoms with Crippen LogP contribution in [-0.4, -0.2) is 12.3 Å². The van der Waals surface area contributed by atoms with Crippen molar-refractivity contribution in [3.8, 4) is 0 Å². The molecule has 0 radical (unpaired) electrons. The molecule has 2 aromatic carbocycles. The summed E-state index contributed by atoms with van der Waals surface area (Å²) in [7, 11) is 0. The Morgan fingerprint density at radius 2 is 1.94 bits per heavy atom. The van der Waals surface area contributed by atoms with Gasteiger partial charge in [0.1, 0.15) is 0 Å². The second kappa shape index (κ2) is 5.84. The van der Waals surface area contributed by atoms with Gasteiger partial charge < -0.3 is 5.73 Å². The largest absolute Gasteiger partial charge is 0.327 e. The van der Waals surface area contributed by atoms with Crippen LogP contribution in [-0.2, 0) is 0 Å². The molecule has 17 heavy (non-hydrogen) atoms. The molecule has 0 aliphatic rings. The van der Waals surface area contributed by atoms with Crippen molar-refractivity contribution in [1.29, 1.82) is 0 Å². The van der Waals surface area contributed by atoms with Crippen molar-refractivity contribution in [2.45, 2.75) is 4.90 Å². The highest BCUT2D eigenvalue weighted by Gasteiger charge is 1.99. The van der Waals surface area contributed by atoms with E-state index >= 15 is 0 Å². The molecule has 0 aromatic heterocycles. The van der Waals surface area contributed by atoms with Crippen LogP contribution in [0.1, 0.15) is 0 Å². The summed E-state index contributed by atoms with van der Waals surface area (Å²) in [6.07, 6.45) is 0.605. The van der Waals surface area contributed by atoms with E-state index in [1.807, 2.05) is 12.1 Å².